The smallest absolute Gasteiger partial charge is 0.0823 e. The van der Waals surface area contributed by atoms with Gasteiger partial charge in [0.15, 0.2) is 0 Å². The van der Waals surface area contributed by atoms with Crippen LogP contribution in [0.1, 0.15) is 31.7 Å². The standard InChI is InChI=1S/C14H20Cl2N2O/c1-14(7-2-3-8-19-14)13(18-17)9-10-11(15)5-4-6-12(10)16/h4-6,13,18H,2-3,7-9,17H2,1H3. The zero-order valence-electron chi connectivity index (χ0n) is 11.1. The second-order valence-electron chi connectivity index (χ2n) is 5.24. The number of nitrogens with two attached hydrogens (primary N) is 1. The van der Waals surface area contributed by atoms with Gasteiger partial charge >= 0.3 is 0 Å². The molecule has 3 nitrogen and oxygen atoms in total. The molecule has 1 fully saturated rings. The largest absolute Gasteiger partial charge is 0.374 e. The quantitative estimate of drug-likeness (QED) is 0.662. The van der Waals surface area contributed by atoms with E-state index >= 15 is 0 Å². The molecule has 0 radical (unpaired) electrons. The number of halogens is 2. The molecule has 0 saturated carbocycles. The molecule has 1 saturated heterocycles. The molecule has 1 aliphatic rings. The molecule has 2 rings (SSSR count). The Hall–Kier alpha value is -0.320. The summed E-state index contributed by atoms with van der Waals surface area (Å²) in [7, 11) is 0. The highest BCUT2D eigenvalue weighted by Crippen LogP contribution is 2.32. The Kier molecular flexibility index (Phi) is 5.09. The van der Waals surface area contributed by atoms with E-state index in [2.05, 4.69) is 12.3 Å². The molecule has 0 aliphatic carbocycles. The monoisotopic (exact) mass is 302 g/mol. The lowest BCUT2D eigenvalue weighted by Crippen LogP contribution is -2.55. The topological polar surface area (TPSA) is 47.3 Å². The summed E-state index contributed by atoms with van der Waals surface area (Å²) < 4.78 is 5.94. The van der Waals surface area contributed by atoms with Gasteiger partial charge in [-0.05, 0) is 50.3 Å². The predicted molar refractivity (Wildman–Crippen MR) is 79.5 cm³/mol. The van der Waals surface area contributed by atoms with Crippen molar-refractivity contribution >= 4 is 23.2 Å². The van der Waals surface area contributed by atoms with Gasteiger partial charge in [0.25, 0.3) is 0 Å². The predicted octanol–water partition coefficient (Wildman–Crippen LogP) is 3.33. The fourth-order valence-electron chi connectivity index (χ4n) is 2.61. The summed E-state index contributed by atoms with van der Waals surface area (Å²) in [4.78, 5) is 0. The van der Waals surface area contributed by atoms with Crippen LogP contribution < -0.4 is 11.3 Å². The molecule has 2 atom stereocenters. The maximum absolute atomic E-state index is 6.22. The molecule has 1 aromatic rings. The van der Waals surface area contributed by atoms with Gasteiger partial charge in [-0.1, -0.05) is 29.3 Å². The first-order valence-electron chi connectivity index (χ1n) is 6.60. The number of rotatable bonds is 4. The van der Waals surface area contributed by atoms with Crippen molar-refractivity contribution in [1.82, 2.24) is 5.43 Å². The average Bonchev–Trinajstić information content (AvgIpc) is 2.39. The lowest BCUT2D eigenvalue weighted by molar-refractivity contribution is -0.0884. The van der Waals surface area contributed by atoms with Crippen LogP contribution >= 0.6 is 23.2 Å². The SMILES string of the molecule is CC1(C(Cc2c(Cl)cccc2Cl)NN)CCCCO1. The molecule has 0 amide bonds. The van der Waals surface area contributed by atoms with Crippen molar-refractivity contribution in [2.45, 2.75) is 44.2 Å². The summed E-state index contributed by atoms with van der Waals surface area (Å²) in [5.41, 5.74) is 3.53. The first kappa shape index (κ1) is 15.1. The molecule has 1 aliphatic heterocycles. The molecule has 5 heteroatoms. The van der Waals surface area contributed by atoms with Crippen LogP contribution in [0, 0.1) is 0 Å². The molecular formula is C14H20Cl2N2O. The minimum atomic E-state index is -0.268. The maximum Gasteiger partial charge on any atom is 0.0823 e. The Balaban J connectivity index is 2.19. The lowest BCUT2D eigenvalue weighted by atomic mass is 9.85. The van der Waals surface area contributed by atoms with Crippen molar-refractivity contribution in [2.24, 2.45) is 5.84 Å². The van der Waals surface area contributed by atoms with Crippen LogP contribution in [-0.2, 0) is 11.2 Å². The molecule has 0 aromatic heterocycles. The van der Waals surface area contributed by atoms with Crippen molar-refractivity contribution in [3.05, 3.63) is 33.8 Å². The van der Waals surface area contributed by atoms with E-state index in [1.165, 1.54) is 0 Å². The molecule has 2 unspecified atom stereocenters. The first-order chi connectivity index (χ1) is 9.07. The molecule has 0 bridgehead atoms. The zero-order valence-corrected chi connectivity index (χ0v) is 12.6. The summed E-state index contributed by atoms with van der Waals surface area (Å²) in [5, 5.41) is 1.35. The number of ether oxygens (including phenoxy) is 1. The van der Waals surface area contributed by atoms with Gasteiger partial charge in [0.05, 0.1) is 11.6 Å². The minimum Gasteiger partial charge on any atom is -0.374 e. The van der Waals surface area contributed by atoms with E-state index in [1.807, 2.05) is 18.2 Å². The van der Waals surface area contributed by atoms with Crippen LogP contribution in [0.2, 0.25) is 10.0 Å². The summed E-state index contributed by atoms with van der Waals surface area (Å²) in [5.74, 6) is 5.72. The van der Waals surface area contributed by atoms with E-state index in [1.54, 1.807) is 0 Å². The van der Waals surface area contributed by atoms with E-state index in [4.69, 9.17) is 33.8 Å². The van der Waals surface area contributed by atoms with Gasteiger partial charge in [0.2, 0.25) is 0 Å². The molecule has 106 valence electrons. The van der Waals surface area contributed by atoms with Crippen LogP contribution in [0.4, 0.5) is 0 Å². The maximum atomic E-state index is 6.22. The first-order valence-corrected chi connectivity index (χ1v) is 7.35. The molecule has 3 N–H and O–H groups in total. The number of nitrogens with one attached hydrogen (secondary N) is 1. The van der Waals surface area contributed by atoms with Gasteiger partial charge in [-0.3, -0.25) is 11.3 Å². The van der Waals surface area contributed by atoms with E-state index in [9.17, 15) is 0 Å². The van der Waals surface area contributed by atoms with Crippen molar-refractivity contribution in [1.29, 1.82) is 0 Å². The number of benzene rings is 1. The van der Waals surface area contributed by atoms with E-state index in [0.717, 1.165) is 31.4 Å². The van der Waals surface area contributed by atoms with Crippen LogP contribution in [0.25, 0.3) is 0 Å². The van der Waals surface area contributed by atoms with Gasteiger partial charge < -0.3 is 4.74 Å². The Bertz CT molecular complexity index is 413. The number of hydrogen-bond donors (Lipinski definition) is 2. The van der Waals surface area contributed by atoms with Crippen LogP contribution in [0.5, 0.6) is 0 Å². The zero-order chi connectivity index (χ0) is 13.9. The summed E-state index contributed by atoms with van der Waals surface area (Å²) in [6, 6.07) is 5.53. The molecule has 0 spiro atoms. The van der Waals surface area contributed by atoms with E-state index in [0.29, 0.717) is 16.5 Å². The van der Waals surface area contributed by atoms with Crippen LogP contribution in [0.3, 0.4) is 0 Å². The highest BCUT2D eigenvalue weighted by molar-refractivity contribution is 6.36. The molecule has 19 heavy (non-hydrogen) atoms. The van der Waals surface area contributed by atoms with Gasteiger partial charge in [-0.15, -0.1) is 0 Å². The van der Waals surface area contributed by atoms with Crippen molar-refractivity contribution in [3.63, 3.8) is 0 Å². The normalized spacial score (nSPS) is 25.3. The van der Waals surface area contributed by atoms with Crippen molar-refractivity contribution < 1.29 is 4.74 Å². The van der Waals surface area contributed by atoms with Gasteiger partial charge in [-0.2, -0.15) is 0 Å². The van der Waals surface area contributed by atoms with Crippen molar-refractivity contribution in [2.75, 3.05) is 6.61 Å². The Labute approximate surface area is 124 Å². The summed E-state index contributed by atoms with van der Waals surface area (Å²) >= 11 is 12.4. The van der Waals surface area contributed by atoms with Gasteiger partial charge in [0.1, 0.15) is 0 Å². The molecule has 1 heterocycles. The van der Waals surface area contributed by atoms with E-state index < -0.39 is 0 Å². The fraction of sp³-hybridized carbons (Fsp3) is 0.571. The fourth-order valence-corrected chi connectivity index (χ4v) is 3.16. The second-order valence-corrected chi connectivity index (χ2v) is 6.06. The third-order valence-electron chi connectivity index (χ3n) is 3.91. The minimum absolute atomic E-state index is 0.00907. The Morgan fingerprint density at radius 1 is 1.37 bits per heavy atom. The lowest BCUT2D eigenvalue weighted by Gasteiger charge is -2.40. The third-order valence-corrected chi connectivity index (χ3v) is 4.62. The Morgan fingerprint density at radius 2 is 2.05 bits per heavy atom. The van der Waals surface area contributed by atoms with Crippen molar-refractivity contribution in [3.8, 4) is 0 Å². The number of hydrazine groups is 1. The molecule has 1 aromatic carbocycles. The average molecular weight is 303 g/mol. The number of hydrogen-bond acceptors (Lipinski definition) is 3. The van der Waals surface area contributed by atoms with E-state index in [-0.39, 0.29) is 11.6 Å². The Morgan fingerprint density at radius 3 is 2.58 bits per heavy atom. The van der Waals surface area contributed by atoms with Gasteiger partial charge in [-0.25, -0.2) is 0 Å². The van der Waals surface area contributed by atoms with Crippen LogP contribution in [-0.4, -0.2) is 18.2 Å². The third kappa shape index (κ3) is 3.41. The summed E-state index contributed by atoms with van der Waals surface area (Å²) in [6.07, 6.45) is 3.92. The van der Waals surface area contributed by atoms with Gasteiger partial charge in [0, 0.05) is 16.7 Å². The van der Waals surface area contributed by atoms with Crippen LogP contribution in [0.15, 0.2) is 18.2 Å². The highest BCUT2D eigenvalue weighted by Gasteiger charge is 2.36. The molecular weight excluding hydrogens is 283 g/mol. The summed E-state index contributed by atoms with van der Waals surface area (Å²) in [6.45, 7) is 2.88. The second kappa shape index (κ2) is 6.42. The highest BCUT2D eigenvalue weighted by atomic mass is 35.5.